The van der Waals surface area contributed by atoms with Crippen LogP contribution in [0.15, 0.2) is 121 Å². The molecule has 5 heteroatoms. The number of rotatable bonds is 6. The lowest BCUT2D eigenvalue weighted by Gasteiger charge is -2.17. The maximum Gasteiger partial charge on any atom is 0.418 e. The van der Waals surface area contributed by atoms with Crippen molar-refractivity contribution in [2.75, 3.05) is 5.32 Å². The van der Waals surface area contributed by atoms with Crippen molar-refractivity contribution in [2.45, 2.75) is 19.1 Å². The quantitative estimate of drug-likeness (QED) is 0.238. The number of nitrogens with zero attached hydrogens (tertiary/aromatic N) is 1. The minimum absolute atomic E-state index is 0.0358. The maximum absolute atomic E-state index is 13.9. The molecule has 0 atom stereocenters. The summed E-state index contributed by atoms with van der Waals surface area (Å²) in [5.74, 6) is 0. The highest BCUT2D eigenvalue weighted by Gasteiger charge is 2.33. The second-order valence-corrected chi connectivity index (χ2v) is 9.64. The van der Waals surface area contributed by atoms with E-state index in [2.05, 4.69) is 40.6 Å². The number of aromatic nitrogens is 1. The lowest BCUT2D eigenvalue weighted by molar-refractivity contribution is -0.136. The van der Waals surface area contributed by atoms with Gasteiger partial charge in [0.25, 0.3) is 0 Å². The zero-order valence-corrected chi connectivity index (χ0v) is 21.0. The minimum atomic E-state index is -4.49. The van der Waals surface area contributed by atoms with Crippen LogP contribution in [0.1, 0.15) is 22.3 Å². The Morgan fingerprint density at radius 1 is 0.667 bits per heavy atom. The van der Waals surface area contributed by atoms with Crippen LogP contribution < -0.4 is 5.32 Å². The Kier molecular flexibility index (Phi) is 6.49. The van der Waals surface area contributed by atoms with E-state index in [0.29, 0.717) is 18.4 Å². The topological polar surface area (TPSA) is 24.9 Å². The van der Waals surface area contributed by atoms with E-state index in [4.69, 9.17) is 0 Å². The van der Waals surface area contributed by atoms with Gasteiger partial charge >= 0.3 is 6.18 Å². The Morgan fingerprint density at radius 2 is 1.44 bits per heavy atom. The molecule has 0 radical (unpaired) electrons. The summed E-state index contributed by atoms with van der Waals surface area (Å²) in [5.41, 5.74) is 4.83. The largest absolute Gasteiger partial charge is 0.418 e. The Balaban J connectivity index is 1.40. The van der Waals surface area contributed by atoms with Gasteiger partial charge in [-0.25, -0.2) is 0 Å². The standard InChI is InChI=1S/C34H25F3N2/c35-34(36,37)31-15-7-14-30-32(28(22-39-33(30)31)18-23-8-2-1-3-9-23)27-12-6-13-29(20-27)38-21-24-16-17-25-10-4-5-11-26(25)19-24/h1-17,19-20,22,38H,18,21H2. The summed E-state index contributed by atoms with van der Waals surface area (Å²) in [6.45, 7) is 0.625. The van der Waals surface area contributed by atoms with E-state index in [-0.39, 0.29) is 5.52 Å². The molecule has 0 fully saturated rings. The molecule has 0 aliphatic carbocycles. The Morgan fingerprint density at radius 3 is 2.26 bits per heavy atom. The van der Waals surface area contributed by atoms with Gasteiger partial charge in [0.05, 0.1) is 11.1 Å². The number of pyridine rings is 1. The normalized spacial score (nSPS) is 11.7. The number of hydrogen-bond acceptors (Lipinski definition) is 2. The first-order valence-corrected chi connectivity index (χ1v) is 12.8. The molecular formula is C34H25F3N2. The number of nitrogens with one attached hydrogen (secondary N) is 1. The van der Waals surface area contributed by atoms with Gasteiger partial charge in [0, 0.05) is 23.8 Å². The van der Waals surface area contributed by atoms with E-state index in [1.807, 2.05) is 66.7 Å². The molecule has 6 aromatic rings. The highest BCUT2D eigenvalue weighted by atomic mass is 19.4. The number of para-hydroxylation sites is 1. The van der Waals surface area contributed by atoms with Gasteiger partial charge in [-0.05, 0) is 69.3 Å². The lowest BCUT2D eigenvalue weighted by atomic mass is 9.91. The van der Waals surface area contributed by atoms with Crippen molar-refractivity contribution in [3.8, 4) is 11.1 Å². The van der Waals surface area contributed by atoms with Gasteiger partial charge < -0.3 is 5.32 Å². The van der Waals surface area contributed by atoms with Crippen LogP contribution in [0.25, 0.3) is 32.8 Å². The maximum atomic E-state index is 13.9. The molecule has 0 saturated heterocycles. The van der Waals surface area contributed by atoms with Gasteiger partial charge in [0.1, 0.15) is 0 Å². The molecule has 1 N–H and O–H groups in total. The second kappa shape index (κ2) is 10.3. The van der Waals surface area contributed by atoms with Crippen molar-refractivity contribution in [3.05, 3.63) is 144 Å². The van der Waals surface area contributed by atoms with Gasteiger partial charge in [-0.1, -0.05) is 91.0 Å². The van der Waals surface area contributed by atoms with Crippen LogP contribution in [0, 0.1) is 0 Å². The average Bonchev–Trinajstić information content (AvgIpc) is 2.95. The first kappa shape index (κ1) is 24.7. The predicted octanol–water partition coefficient (Wildman–Crippen LogP) is 9.28. The number of anilines is 1. The summed E-state index contributed by atoms with van der Waals surface area (Å²) >= 11 is 0. The highest BCUT2D eigenvalue weighted by molar-refractivity contribution is 5.98. The molecular weight excluding hydrogens is 493 g/mol. The Bertz CT molecular complexity index is 1780. The summed E-state index contributed by atoms with van der Waals surface area (Å²) in [4.78, 5) is 4.32. The molecule has 6 rings (SSSR count). The van der Waals surface area contributed by atoms with Crippen molar-refractivity contribution < 1.29 is 13.2 Å². The van der Waals surface area contributed by atoms with Gasteiger partial charge in [0.15, 0.2) is 0 Å². The van der Waals surface area contributed by atoms with Gasteiger partial charge in [-0.2, -0.15) is 13.2 Å². The van der Waals surface area contributed by atoms with Crippen LogP contribution >= 0.6 is 0 Å². The van der Waals surface area contributed by atoms with Gasteiger partial charge in [-0.3, -0.25) is 4.98 Å². The molecule has 192 valence electrons. The second-order valence-electron chi connectivity index (χ2n) is 9.64. The fourth-order valence-electron chi connectivity index (χ4n) is 5.12. The number of alkyl halides is 3. The third kappa shape index (κ3) is 5.21. The van der Waals surface area contributed by atoms with E-state index in [0.717, 1.165) is 39.6 Å². The summed E-state index contributed by atoms with van der Waals surface area (Å²) in [5, 5.41) is 6.36. The number of hydrogen-bond donors (Lipinski definition) is 1. The van der Waals surface area contributed by atoms with Crippen LogP contribution in [0.3, 0.4) is 0 Å². The molecule has 0 spiro atoms. The highest BCUT2D eigenvalue weighted by Crippen LogP contribution is 2.39. The summed E-state index contributed by atoms with van der Waals surface area (Å²) in [6, 6.07) is 36.7. The van der Waals surface area contributed by atoms with E-state index in [1.54, 1.807) is 12.3 Å². The third-order valence-electron chi connectivity index (χ3n) is 6.98. The third-order valence-corrected chi connectivity index (χ3v) is 6.98. The molecule has 0 amide bonds. The first-order chi connectivity index (χ1) is 19.0. The monoisotopic (exact) mass is 518 g/mol. The molecule has 0 unspecified atom stereocenters. The molecule has 1 heterocycles. The lowest BCUT2D eigenvalue weighted by Crippen LogP contribution is -2.07. The number of fused-ring (bicyclic) bond motifs is 2. The van der Waals surface area contributed by atoms with Crippen LogP contribution in [0.5, 0.6) is 0 Å². The van der Waals surface area contributed by atoms with Gasteiger partial charge in [0.2, 0.25) is 0 Å². The SMILES string of the molecule is FC(F)(F)c1cccc2c(-c3cccc(NCc4ccc5ccccc5c4)c3)c(Cc3ccccc3)cnc12. The van der Waals surface area contributed by atoms with Crippen LogP contribution in [0.4, 0.5) is 18.9 Å². The molecule has 2 nitrogen and oxygen atoms in total. The van der Waals surface area contributed by atoms with Crippen molar-refractivity contribution in [3.63, 3.8) is 0 Å². The van der Waals surface area contributed by atoms with E-state index in [9.17, 15) is 13.2 Å². The smallest absolute Gasteiger partial charge is 0.381 e. The fourth-order valence-corrected chi connectivity index (χ4v) is 5.12. The van der Waals surface area contributed by atoms with Crippen molar-refractivity contribution >= 4 is 27.4 Å². The molecule has 5 aromatic carbocycles. The van der Waals surface area contributed by atoms with Crippen LogP contribution in [-0.4, -0.2) is 4.98 Å². The van der Waals surface area contributed by atoms with Crippen molar-refractivity contribution in [1.29, 1.82) is 0 Å². The molecule has 0 aliphatic heterocycles. The van der Waals surface area contributed by atoms with E-state index >= 15 is 0 Å². The summed E-state index contributed by atoms with van der Waals surface area (Å²) in [7, 11) is 0. The molecule has 39 heavy (non-hydrogen) atoms. The van der Waals surface area contributed by atoms with Crippen molar-refractivity contribution in [2.24, 2.45) is 0 Å². The minimum Gasteiger partial charge on any atom is -0.381 e. The van der Waals surface area contributed by atoms with Gasteiger partial charge in [-0.15, -0.1) is 0 Å². The Hall–Kier alpha value is -4.64. The molecule has 0 bridgehead atoms. The Labute approximate surface area is 224 Å². The number of benzene rings is 5. The molecule has 0 saturated carbocycles. The van der Waals surface area contributed by atoms with E-state index < -0.39 is 11.7 Å². The van der Waals surface area contributed by atoms with Crippen molar-refractivity contribution in [1.82, 2.24) is 4.98 Å². The average molecular weight is 519 g/mol. The van der Waals surface area contributed by atoms with Crippen LogP contribution in [0.2, 0.25) is 0 Å². The summed E-state index contributed by atoms with van der Waals surface area (Å²) < 4.78 is 41.6. The molecule has 1 aromatic heterocycles. The van der Waals surface area contributed by atoms with Crippen LogP contribution in [-0.2, 0) is 19.1 Å². The number of halogens is 3. The fraction of sp³-hybridized carbons (Fsp3) is 0.0882. The first-order valence-electron chi connectivity index (χ1n) is 12.8. The summed E-state index contributed by atoms with van der Waals surface area (Å²) in [6.07, 6.45) is -2.34. The molecule has 0 aliphatic rings. The zero-order chi connectivity index (χ0) is 26.8. The zero-order valence-electron chi connectivity index (χ0n) is 21.0. The van der Waals surface area contributed by atoms with E-state index in [1.165, 1.54) is 16.8 Å². The predicted molar refractivity (Wildman–Crippen MR) is 153 cm³/mol.